The molecule has 1 aliphatic rings. The number of nitrogens with one attached hydrogen (secondary N) is 2. The lowest BCUT2D eigenvalue weighted by Crippen LogP contribution is -2.43. The number of aromatic nitrogens is 2. The van der Waals surface area contributed by atoms with Gasteiger partial charge in [-0.2, -0.15) is 0 Å². The Morgan fingerprint density at radius 1 is 1.28 bits per heavy atom. The standard InChI is InChI=1S/C22H23ClFN5O3/c1-12-22(31)25-4-3-5-32-20-7-14-18(9-19(20)30)26-11-27-21(14)28-17-8-15(23)16(24)6-13(17)10-29(12)2/h6-9,11-12,30H,3-5,10H2,1-2H3,(H,25,31)(H,26,27,28)/t12-/m1/s1. The lowest BCUT2D eigenvalue weighted by atomic mass is 10.1. The molecule has 1 atom stereocenters. The van der Waals surface area contributed by atoms with E-state index in [1.165, 1.54) is 24.5 Å². The lowest BCUT2D eigenvalue weighted by Gasteiger charge is -2.25. The molecular weight excluding hydrogens is 437 g/mol. The normalized spacial score (nSPS) is 18.0. The minimum Gasteiger partial charge on any atom is -0.504 e. The van der Waals surface area contributed by atoms with Gasteiger partial charge >= 0.3 is 0 Å². The molecule has 1 aliphatic heterocycles. The van der Waals surface area contributed by atoms with E-state index in [1.54, 1.807) is 20.0 Å². The first-order valence-corrected chi connectivity index (χ1v) is 10.5. The fourth-order valence-electron chi connectivity index (χ4n) is 3.47. The summed E-state index contributed by atoms with van der Waals surface area (Å²) in [5, 5.41) is 17.0. The Balaban J connectivity index is 1.83. The first kappa shape index (κ1) is 22.0. The van der Waals surface area contributed by atoms with E-state index in [1.807, 2.05) is 4.90 Å². The van der Waals surface area contributed by atoms with Crippen LogP contribution in [0.1, 0.15) is 18.9 Å². The van der Waals surface area contributed by atoms with E-state index in [-0.39, 0.29) is 22.4 Å². The Kier molecular flexibility index (Phi) is 6.29. The quantitative estimate of drug-likeness (QED) is 0.472. The number of phenolic OH excluding ortho intramolecular Hbond substituents is 1. The first-order chi connectivity index (χ1) is 15.3. The highest BCUT2D eigenvalue weighted by molar-refractivity contribution is 6.31. The van der Waals surface area contributed by atoms with Crippen LogP contribution in [0.4, 0.5) is 15.9 Å². The Morgan fingerprint density at radius 3 is 2.91 bits per heavy atom. The van der Waals surface area contributed by atoms with Crippen LogP contribution in [0.5, 0.6) is 11.5 Å². The summed E-state index contributed by atoms with van der Waals surface area (Å²) in [4.78, 5) is 22.9. The molecular formula is C22H23ClFN5O3. The molecule has 32 heavy (non-hydrogen) atoms. The van der Waals surface area contributed by atoms with Gasteiger partial charge in [-0.1, -0.05) is 11.6 Å². The molecule has 0 fully saturated rings. The maximum Gasteiger partial charge on any atom is 0.237 e. The molecule has 0 unspecified atom stereocenters. The summed E-state index contributed by atoms with van der Waals surface area (Å²) in [6, 6.07) is 5.53. The van der Waals surface area contributed by atoms with Gasteiger partial charge in [-0.25, -0.2) is 14.4 Å². The number of amides is 1. The van der Waals surface area contributed by atoms with Crippen LogP contribution in [0.15, 0.2) is 30.6 Å². The number of anilines is 2. The van der Waals surface area contributed by atoms with Crippen molar-refractivity contribution in [3.8, 4) is 11.5 Å². The predicted octanol–water partition coefficient (Wildman–Crippen LogP) is 3.59. The fraction of sp³-hybridized carbons (Fsp3) is 0.318. The molecule has 0 aliphatic carbocycles. The predicted molar refractivity (Wildman–Crippen MR) is 120 cm³/mol. The molecule has 8 nitrogen and oxygen atoms in total. The number of fused-ring (bicyclic) bond motifs is 2. The molecule has 2 heterocycles. The zero-order valence-electron chi connectivity index (χ0n) is 17.7. The van der Waals surface area contributed by atoms with Crippen LogP contribution in [-0.2, 0) is 11.3 Å². The summed E-state index contributed by atoms with van der Waals surface area (Å²) in [5.41, 5.74) is 1.66. The summed E-state index contributed by atoms with van der Waals surface area (Å²) in [6.45, 7) is 2.80. The van der Waals surface area contributed by atoms with E-state index in [4.69, 9.17) is 16.3 Å². The van der Waals surface area contributed by atoms with Gasteiger partial charge in [0, 0.05) is 30.2 Å². The topological polar surface area (TPSA) is 99.6 Å². The van der Waals surface area contributed by atoms with Gasteiger partial charge in [-0.15, -0.1) is 0 Å². The van der Waals surface area contributed by atoms with Gasteiger partial charge in [0.1, 0.15) is 18.0 Å². The van der Waals surface area contributed by atoms with Gasteiger partial charge in [0.2, 0.25) is 5.91 Å². The number of aromatic hydroxyl groups is 1. The number of hydrogen-bond donors (Lipinski definition) is 3. The van der Waals surface area contributed by atoms with E-state index in [0.717, 1.165) is 0 Å². The molecule has 0 saturated heterocycles. The van der Waals surface area contributed by atoms with E-state index in [9.17, 15) is 14.3 Å². The molecule has 168 valence electrons. The van der Waals surface area contributed by atoms with E-state index < -0.39 is 11.9 Å². The smallest absolute Gasteiger partial charge is 0.237 e. The summed E-state index contributed by atoms with van der Waals surface area (Å²) >= 11 is 6.06. The molecule has 0 radical (unpaired) electrons. The zero-order valence-corrected chi connectivity index (χ0v) is 18.4. The minimum absolute atomic E-state index is 0.0425. The van der Waals surface area contributed by atoms with Crippen molar-refractivity contribution < 1.29 is 19.0 Å². The van der Waals surface area contributed by atoms with Crippen molar-refractivity contribution in [3.05, 3.63) is 47.0 Å². The number of hydrogen-bond acceptors (Lipinski definition) is 7. The number of rotatable bonds is 0. The SMILES string of the molecule is C[C@@H]1C(=O)NCCCOc2cc3c(ncnc3cc2O)Nc2cc(Cl)c(F)cc2CN1C. The minimum atomic E-state index is -0.555. The van der Waals surface area contributed by atoms with Crippen molar-refractivity contribution in [1.82, 2.24) is 20.2 Å². The van der Waals surface area contributed by atoms with E-state index in [0.29, 0.717) is 54.1 Å². The molecule has 1 aromatic heterocycles. The van der Waals surface area contributed by atoms with Gasteiger partial charge in [-0.3, -0.25) is 9.69 Å². The van der Waals surface area contributed by atoms with Crippen LogP contribution in [0.3, 0.4) is 0 Å². The van der Waals surface area contributed by atoms with Crippen LogP contribution in [0.25, 0.3) is 10.9 Å². The fourth-order valence-corrected chi connectivity index (χ4v) is 3.63. The van der Waals surface area contributed by atoms with Gasteiger partial charge in [0.25, 0.3) is 0 Å². The van der Waals surface area contributed by atoms with Crippen molar-refractivity contribution in [3.63, 3.8) is 0 Å². The molecule has 3 N–H and O–H groups in total. The summed E-state index contributed by atoms with van der Waals surface area (Å²) in [7, 11) is 1.79. The van der Waals surface area contributed by atoms with Crippen molar-refractivity contribution >= 4 is 39.9 Å². The molecule has 10 heteroatoms. The summed E-state index contributed by atoms with van der Waals surface area (Å²) < 4.78 is 20.0. The lowest BCUT2D eigenvalue weighted by molar-refractivity contribution is -0.125. The third kappa shape index (κ3) is 4.53. The molecule has 2 aromatic carbocycles. The second-order valence-corrected chi connectivity index (χ2v) is 8.10. The average molecular weight is 460 g/mol. The van der Waals surface area contributed by atoms with Gasteiger partial charge in [0.15, 0.2) is 11.5 Å². The molecule has 2 bridgehead atoms. The van der Waals surface area contributed by atoms with Crippen molar-refractivity contribution in [2.45, 2.75) is 25.9 Å². The highest BCUT2D eigenvalue weighted by atomic mass is 35.5. The average Bonchev–Trinajstić information content (AvgIpc) is 2.76. The second kappa shape index (κ2) is 9.13. The number of likely N-dealkylation sites (N-methyl/N-ethyl adjacent to an activating group) is 1. The highest BCUT2D eigenvalue weighted by Gasteiger charge is 2.21. The van der Waals surface area contributed by atoms with Gasteiger partial charge < -0.3 is 20.5 Å². The van der Waals surface area contributed by atoms with Crippen LogP contribution >= 0.6 is 11.6 Å². The third-order valence-corrected chi connectivity index (χ3v) is 5.74. The number of nitrogens with zero attached hydrogens (tertiary/aromatic N) is 3. The van der Waals surface area contributed by atoms with Crippen LogP contribution in [-0.4, -0.2) is 52.1 Å². The van der Waals surface area contributed by atoms with Crippen LogP contribution in [0, 0.1) is 5.82 Å². The van der Waals surface area contributed by atoms with Crippen LogP contribution < -0.4 is 15.4 Å². The monoisotopic (exact) mass is 459 g/mol. The number of halogens is 2. The maximum atomic E-state index is 14.3. The first-order valence-electron chi connectivity index (χ1n) is 10.2. The number of benzene rings is 2. The maximum absolute atomic E-state index is 14.3. The Hall–Kier alpha value is -3.17. The molecule has 1 amide bonds. The van der Waals surface area contributed by atoms with E-state index in [2.05, 4.69) is 20.6 Å². The molecule has 0 spiro atoms. The second-order valence-electron chi connectivity index (χ2n) is 7.69. The number of phenols is 1. The Labute approximate surface area is 189 Å². The van der Waals surface area contributed by atoms with Gasteiger partial charge in [-0.05, 0) is 44.2 Å². The highest BCUT2D eigenvalue weighted by Crippen LogP contribution is 2.35. The number of carbonyl (C=O) groups is 1. The van der Waals surface area contributed by atoms with E-state index >= 15 is 0 Å². The molecule has 3 aromatic rings. The van der Waals surface area contributed by atoms with Crippen LogP contribution in [0.2, 0.25) is 5.02 Å². The Morgan fingerprint density at radius 2 is 2.09 bits per heavy atom. The molecule has 4 rings (SSSR count). The Bertz CT molecular complexity index is 1180. The van der Waals surface area contributed by atoms with Crippen molar-refractivity contribution in [1.29, 1.82) is 0 Å². The number of carbonyl (C=O) groups excluding carboxylic acids is 1. The van der Waals surface area contributed by atoms with Crippen molar-refractivity contribution in [2.24, 2.45) is 0 Å². The third-order valence-electron chi connectivity index (χ3n) is 5.45. The zero-order chi connectivity index (χ0) is 22.8. The largest absolute Gasteiger partial charge is 0.504 e. The van der Waals surface area contributed by atoms with Crippen molar-refractivity contribution in [2.75, 3.05) is 25.5 Å². The summed E-state index contributed by atoms with van der Waals surface area (Å²) in [5.74, 6) is -0.0252. The summed E-state index contributed by atoms with van der Waals surface area (Å²) in [6.07, 6.45) is 1.93. The molecule has 0 saturated carbocycles. The van der Waals surface area contributed by atoms with Gasteiger partial charge in [0.05, 0.1) is 23.2 Å². The number of ether oxygens (including phenoxy) is 1.